The molecule has 0 spiro atoms. The molecule has 2 fully saturated rings. The number of ether oxygens (including phenoxy) is 5. The van der Waals surface area contributed by atoms with E-state index >= 15 is 0 Å². The van der Waals surface area contributed by atoms with Crippen LogP contribution in [0.1, 0.15) is 68.4 Å². The lowest BCUT2D eigenvalue weighted by molar-refractivity contribution is 0.00598. The molecule has 4 atom stereocenters. The monoisotopic (exact) mass is 794 g/mol. The van der Waals surface area contributed by atoms with Gasteiger partial charge in [-0.2, -0.15) is 0 Å². The van der Waals surface area contributed by atoms with Crippen molar-refractivity contribution in [3.63, 3.8) is 0 Å². The Kier molecular flexibility index (Phi) is 14.8. The minimum atomic E-state index is -0.407. The summed E-state index contributed by atoms with van der Waals surface area (Å²) in [7, 11) is 4.57. The largest absolute Gasteiger partial charge is 0.497 e. The molecule has 0 bridgehead atoms. The molecule has 4 aromatic rings. The molecule has 2 heterocycles. The minimum absolute atomic E-state index is 0.00963. The van der Waals surface area contributed by atoms with Gasteiger partial charge in [0.25, 0.3) is 0 Å². The molecule has 2 saturated heterocycles. The normalized spacial score (nSPS) is 19.8. The summed E-state index contributed by atoms with van der Waals surface area (Å²) in [5, 5.41) is 6.83. The summed E-state index contributed by atoms with van der Waals surface area (Å²) >= 11 is 3.57. The number of esters is 1. The fourth-order valence-corrected chi connectivity index (χ4v) is 7.45. The number of benzene rings is 4. The summed E-state index contributed by atoms with van der Waals surface area (Å²) in [6.45, 7) is 8.21. The van der Waals surface area contributed by atoms with E-state index in [1.165, 1.54) is 19.2 Å². The van der Waals surface area contributed by atoms with Crippen molar-refractivity contribution >= 4 is 21.9 Å². The average molecular weight is 796 g/mol. The molecule has 2 N–H and O–H groups in total. The predicted octanol–water partition coefficient (Wildman–Crippen LogP) is 8.16. The summed E-state index contributed by atoms with van der Waals surface area (Å²) < 4.78 is 55.9. The van der Waals surface area contributed by atoms with E-state index in [2.05, 4.69) is 26.6 Å². The number of piperidine rings is 2. The minimum Gasteiger partial charge on any atom is -0.497 e. The first-order valence-electron chi connectivity index (χ1n) is 17.9. The predicted molar refractivity (Wildman–Crippen MR) is 205 cm³/mol. The van der Waals surface area contributed by atoms with Gasteiger partial charge in [0.15, 0.2) is 0 Å². The van der Waals surface area contributed by atoms with Gasteiger partial charge in [0.2, 0.25) is 0 Å². The summed E-state index contributed by atoms with van der Waals surface area (Å²) in [6.07, 6.45) is 1.91. The van der Waals surface area contributed by atoms with Gasteiger partial charge < -0.3 is 34.3 Å². The van der Waals surface area contributed by atoms with Gasteiger partial charge in [-0.05, 0) is 122 Å². The molecule has 6 rings (SSSR count). The second-order valence-electron chi connectivity index (χ2n) is 13.4. The number of carbonyl (C=O) groups is 1. The van der Waals surface area contributed by atoms with Crippen LogP contribution in [-0.2, 0) is 27.4 Å². The molecule has 0 aromatic heterocycles. The van der Waals surface area contributed by atoms with Crippen LogP contribution >= 0.6 is 15.9 Å². The van der Waals surface area contributed by atoms with Crippen LogP contribution in [0, 0.1) is 25.5 Å². The van der Waals surface area contributed by atoms with E-state index in [0.717, 1.165) is 82.6 Å². The third kappa shape index (κ3) is 10.6. The Balaban J connectivity index is 0.000000206. The van der Waals surface area contributed by atoms with Crippen LogP contribution in [0.25, 0.3) is 0 Å². The lowest BCUT2D eigenvalue weighted by atomic mass is 9.86. The van der Waals surface area contributed by atoms with E-state index in [1.807, 2.05) is 50.2 Å². The molecule has 0 amide bonds. The number of aryl methyl sites for hydroxylation is 2. The van der Waals surface area contributed by atoms with Crippen LogP contribution in [0.4, 0.5) is 8.78 Å². The zero-order valence-electron chi connectivity index (χ0n) is 31.0. The Morgan fingerprint density at radius 2 is 1.28 bits per heavy atom. The van der Waals surface area contributed by atoms with Crippen LogP contribution in [0.15, 0.2) is 77.3 Å². The molecule has 2 aliphatic heterocycles. The lowest BCUT2D eigenvalue weighted by Gasteiger charge is -2.33. The molecule has 0 saturated carbocycles. The zero-order chi connectivity index (χ0) is 37.9. The first-order chi connectivity index (χ1) is 25.6. The van der Waals surface area contributed by atoms with Gasteiger partial charge in [-0.1, -0.05) is 34.1 Å². The van der Waals surface area contributed by atoms with Crippen LogP contribution in [0.3, 0.4) is 0 Å². The average Bonchev–Trinajstić information content (AvgIpc) is 3.17. The van der Waals surface area contributed by atoms with E-state index in [4.69, 9.17) is 23.7 Å². The van der Waals surface area contributed by atoms with E-state index in [-0.39, 0.29) is 35.7 Å². The standard InChI is InChI=1S/C22H26FNO4.C20H23BrFNO2/c1-14-10-17(23)6-7-18(14)19-12-24-9-8-20(19)28-13-16-5-4-15(22(25)27-3)11-21(16)26-2;1-13-9-15(22)3-5-17(13)18-11-23-8-7-20(18)25-12-14-10-16(24-2)4-6-19(14)21/h4-7,10-11,19-20,24H,8-9,12-13H2,1-3H3;3-6,9-10,18,20,23H,7-8,11-12H2,1-2H3. The van der Waals surface area contributed by atoms with E-state index in [0.29, 0.717) is 24.5 Å². The molecule has 4 aromatic carbocycles. The molecular weight excluding hydrogens is 746 g/mol. The van der Waals surface area contributed by atoms with Crippen molar-refractivity contribution in [3.8, 4) is 11.5 Å². The topological polar surface area (TPSA) is 87.3 Å². The second-order valence-corrected chi connectivity index (χ2v) is 14.2. The maximum atomic E-state index is 13.5. The highest BCUT2D eigenvalue weighted by molar-refractivity contribution is 9.10. The van der Waals surface area contributed by atoms with E-state index in [1.54, 1.807) is 38.5 Å². The van der Waals surface area contributed by atoms with Crippen LogP contribution in [0.5, 0.6) is 11.5 Å². The van der Waals surface area contributed by atoms with Gasteiger partial charge in [-0.25, -0.2) is 13.6 Å². The Bertz CT molecular complexity index is 1840. The molecule has 4 unspecified atom stereocenters. The van der Waals surface area contributed by atoms with Gasteiger partial charge in [-0.3, -0.25) is 0 Å². The highest BCUT2D eigenvalue weighted by Crippen LogP contribution is 2.33. The molecule has 284 valence electrons. The Hall–Kier alpha value is -3.87. The zero-order valence-corrected chi connectivity index (χ0v) is 32.6. The number of hydrogen-bond donors (Lipinski definition) is 2. The van der Waals surface area contributed by atoms with Crippen LogP contribution in [0.2, 0.25) is 0 Å². The molecular formula is C42H49BrF2N2O6. The van der Waals surface area contributed by atoms with Crippen molar-refractivity contribution in [1.29, 1.82) is 0 Å². The number of methoxy groups -OCH3 is 3. The Morgan fingerprint density at radius 1 is 0.717 bits per heavy atom. The van der Waals surface area contributed by atoms with E-state index in [9.17, 15) is 13.6 Å². The fourth-order valence-electron chi connectivity index (χ4n) is 7.09. The molecule has 53 heavy (non-hydrogen) atoms. The third-order valence-electron chi connectivity index (χ3n) is 9.97. The maximum Gasteiger partial charge on any atom is 0.337 e. The van der Waals surface area contributed by atoms with Gasteiger partial charge in [-0.15, -0.1) is 0 Å². The Labute approximate surface area is 319 Å². The van der Waals surface area contributed by atoms with Gasteiger partial charge in [0.1, 0.15) is 23.1 Å². The lowest BCUT2D eigenvalue weighted by Crippen LogP contribution is -2.40. The van der Waals surface area contributed by atoms with Gasteiger partial charge >= 0.3 is 5.97 Å². The third-order valence-corrected chi connectivity index (χ3v) is 10.7. The quantitative estimate of drug-likeness (QED) is 0.147. The van der Waals surface area contributed by atoms with Crippen molar-refractivity contribution in [2.45, 2.75) is 63.9 Å². The molecule has 2 aliphatic rings. The van der Waals surface area contributed by atoms with Crippen molar-refractivity contribution in [1.82, 2.24) is 10.6 Å². The summed E-state index contributed by atoms with van der Waals surface area (Å²) in [4.78, 5) is 11.7. The number of carbonyl (C=O) groups excluding carboxylic acids is 1. The number of hydrogen-bond acceptors (Lipinski definition) is 8. The molecule has 8 nitrogen and oxygen atoms in total. The molecule has 11 heteroatoms. The van der Waals surface area contributed by atoms with Crippen molar-refractivity contribution < 1.29 is 37.3 Å². The summed E-state index contributed by atoms with van der Waals surface area (Å²) in [6, 6.07) is 21.0. The highest BCUT2D eigenvalue weighted by Gasteiger charge is 2.30. The molecule has 0 aliphatic carbocycles. The number of rotatable bonds is 11. The van der Waals surface area contributed by atoms with Gasteiger partial charge in [0.05, 0.1) is 52.3 Å². The number of halogens is 3. The summed E-state index contributed by atoms with van der Waals surface area (Å²) in [5.74, 6) is 0.953. The molecule has 0 radical (unpaired) electrons. The van der Waals surface area contributed by atoms with Crippen molar-refractivity contribution in [2.24, 2.45) is 0 Å². The van der Waals surface area contributed by atoms with Crippen molar-refractivity contribution in [2.75, 3.05) is 47.5 Å². The number of nitrogens with one attached hydrogen (secondary N) is 2. The highest BCUT2D eigenvalue weighted by atomic mass is 79.9. The SMILES string of the molecule is COC(=O)c1ccc(COC2CCNCC2c2ccc(F)cc2C)c(OC)c1.COc1ccc(Br)c(COC2CCNCC2c2ccc(F)cc2C)c1. The first kappa shape index (κ1) is 40.3. The van der Waals surface area contributed by atoms with Gasteiger partial charge in [0, 0.05) is 35.0 Å². The Morgan fingerprint density at radius 3 is 1.79 bits per heavy atom. The van der Waals surface area contributed by atoms with Crippen LogP contribution in [-0.4, -0.2) is 65.7 Å². The first-order valence-corrected chi connectivity index (χ1v) is 18.7. The maximum absolute atomic E-state index is 13.5. The fraction of sp³-hybridized carbons (Fsp3) is 0.405. The smallest absolute Gasteiger partial charge is 0.337 e. The second kappa shape index (κ2) is 19.5. The van der Waals surface area contributed by atoms with E-state index < -0.39 is 5.97 Å². The van der Waals surface area contributed by atoms with Crippen LogP contribution < -0.4 is 20.1 Å². The van der Waals surface area contributed by atoms with Crippen molar-refractivity contribution in [3.05, 3.63) is 128 Å². The summed E-state index contributed by atoms with van der Waals surface area (Å²) in [5.41, 5.74) is 6.53.